The van der Waals surface area contributed by atoms with Crippen molar-refractivity contribution in [3.8, 4) is 6.07 Å². The van der Waals surface area contributed by atoms with Crippen LogP contribution in [0.2, 0.25) is 0 Å². The number of aromatic nitrogens is 3. The molecule has 0 radical (unpaired) electrons. The summed E-state index contributed by atoms with van der Waals surface area (Å²) in [6.07, 6.45) is 3.22. The van der Waals surface area contributed by atoms with Gasteiger partial charge in [0.05, 0.1) is 23.1 Å². The molecule has 0 atom stereocenters. The van der Waals surface area contributed by atoms with Crippen molar-refractivity contribution in [1.29, 1.82) is 5.26 Å². The van der Waals surface area contributed by atoms with Crippen LogP contribution in [0.4, 0.5) is 5.69 Å². The maximum Gasteiger partial charge on any atom is 0.142 e. The van der Waals surface area contributed by atoms with E-state index in [0.717, 1.165) is 16.2 Å². The molecule has 6 heteroatoms. The predicted molar refractivity (Wildman–Crippen MR) is 69.0 cm³/mol. The first-order valence-electron chi connectivity index (χ1n) is 5.24. The number of anilines is 1. The van der Waals surface area contributed by atoms with Gasteiger partial charge in [-0.05, 0) is 25.5 Å². The van der Waals surface area contributed by atoms with Crippen molar-refractivity contribution >= 4 is 17.4 Å². The molecule has 0 aliphatic heterocycles. The van der Waals surface area contributed by atoms with Gasteiger partial charge in [0, 0.05) is 11.1 Å². The number of nitriles is 1. The first-order chi connectivity index (χ1) is 8.63. The van der Waals surface area contributed by atoms with Crippen LogP contribution in [0.5, 0.6) is 0 Å². The molecule has 90 valence electrons. The van der Waals surface area contributed by atoms with Crippen LogP contribution in [0.25, 0.3) is 0 Å². The lowest BCUT2D eigenvalue weighted by Gasteiger charge is -2.07. The SMILES string of the molecule is Cc1nnc(Sc2ccncc2N)c(C#N)c1C. The molecule has 2 N–H and O–H groups in total. The molecule has 2 heterocycles. The van der Waals surface area contributed by atoms with E-state index in [0.29, 0.717) is 16.3 Å². The van der Waals surface area contributed by atoms with Crippen molar-refractivity contribution in [2.45, 2.75) is 23.8 Å². The van der Waals surface area contributed by atoms with E-state index in [-0.39, 0.29) is 0 Å². The zero-order valence-electron chi connectivity index (χ0n) is 10.0. The molecule has 0 saturated carbocycles. The van der Waals surface area contributed by atoms with E-state index in [1.165, 1.54) is 11.8 Å². The number of nitrogens with zero attached hydrogens (tertiary/aromatic N) is 4. The van der Waals surface area contributed by atoms with Gasteiger partial charge < -0.3 is 5.73 Å². The van der Waals surface area contributed by atoms with Crippen molar-refractivity contribution in [2.75, 3.05) is 5.73 Å². The monoisotopic (exact) mass is 257 g/mol. The highest BCUT2D eigenvalue weighted by Crippen LogP contribution is 2.32. The van der Waals surface area contributed by atoms with Gasteiger partial charge in [0.25, 0.3) is 0 Å². The van der Waals surface area contributed by atoms with Crippen LogP contribution >= 0.6 is 11.8 Å². The van der Waals surface area contributed by atoms with Crippen LogP contribution in [-0.4, -0.2) is 15.2 Å². The number of hydrogen-bond donors (Lipinski definition) is 1. The summed E-state index contributed by atoms with van der Waals surface area (Å²) in [6.45, 7) is 3.70. The summed E-state index contributed by atoms with van der Waals surface area (Å²) in [5.41, 5.74) is 8.53. The quantitative estimate of drug-likeness (QED) is 0.886. The van der Waals surface area contributed by atoms with E-state index in [1.54, 1.807) is 18.5 Å². The van der Waals surface area contributed by atoms with Gasteiger partial charge in [0.2, 0.25) is 0 Å². The molecule has 0 aliphatic rings. The summed E-state index contributed by atoms with van der Waals surface area (Å²) in [7, 11) is 0. The summed E-state index contributed by atoms with van der Waals surface area (Å²) in [5.74, 6) is 0. The molecule has 0 amide bonds. The molecule has 2 rings (SSSR count). The fourth-order valence-electron chi connectivity index (χ4n) is 1.38. The molecular weight excluding hydrogens is 246 g/mol. The first kappa shape index (κ1) is 12.3. The number of pyridine rings is 1. The van der Waals surface area contributed by atoms with E-state index in [4.69, 9.17) is 5.73 Å². The number of rotatable bonds is 2. The molecule has 0 bridgehead atoms. The molecule has 5 nitrogen and oxygen atoms in total. The molecular formula is C12H11N5S. The van der Waals surface area contributed by atoms with Crippen LogP contribution in [0.15, 0.2) is 28.4 Å². The second-order valence-electron chi connectivity index (χ2n) is 3.72. The first-order valence-corrected chi connectivity index (χ1v) is 6.06. The third-order valence-electron chi connectivity index (χ3n) is 2.55. The standard InChI is InChI=1S/C12H11N5S/c1-7-8(2)16-17-12(9(7)5-13)18-11-3-4-15-6-10(11)14/h3-4,6H,14H2,1-2H3. The van der Waals surface area contributed by atoms with E-state index in [9.17, 15) is 5.26 Å². The fraction of sp³-hybridized carbons (Fsp3) is 0.167. The Morgan fingerprint density at radius 1 is 1.33 bits per heavy atom. The largest absolute Gasteiger partial charge is 0.397 e. The van der Waals surface area contributed by atoms with E-state index < -0.39 is 0 Å². The number of nitrogens with two attached hydrogens (primary N) is 1. The number of hydrogen-bond acceptors (Lipinski definition) is 6. The molecule has 0 saturated heterocycles. The molecule has 2 aromatic rings. The predicted octanol–water partition coefficient (Wildman–Crippen LogP) is 2.09. The Balaban J connectivity index is 2.45. The topological polar surface area (TPSA) is 88.5 Å². The zero-order valence-corrected chi connectivity index (χ0v) is 10.8. The molecule has 0 aliphatic carbocycles. The van der Waals surface area contributed by atoms with Gasteiger partial charge in [-0.1, -0.05) is 11.8 Å². The number of aryl methyl sites for hydroxylation is 1. The summed E-state index contributed by atoms with van der Waals surface area (Å²) < 4.78 is 0. The van der Waals surface area contributed by atoms with Gasteiger partial charge in [-0.15, -0.1) is 5.10 Å². The second-order valence-corrected chi connectivity index (χ2v) is 4.75. The van der Waals surface area contributed by atoms with Crippen LogP contribution in [0.3, 0.4) is 0 Å². The molecule has 18 heavy (non-hydrogen) atoms. The zero-order chi connectivity index (χ0) is 13.1. The van der Waals surface area contributed by atoms with Crippen molar-refractivity contribution in [3.63, 3.8) is 0 Å². The third kappa shape index (κ3) is 2.26. The summed E-state index contributed by atoms with van der Waals surface area (Å²) >= 11 is 1.33. The highest BCUT2D eigenvalue weighted by Gasteiger charge is 2.13. The third-order valence-corrected chi connectivity index (χ3v) is 3.62. The second kappa shape index (κ2) is 5.02. The normalized spacial score (nSPS) is 10.1. The highest BCUT2D eigenvalue weighted by molar-refractivity contribution is 7.99. The maximum absolute atomic E-state index is 9.20. The fourth-order valence-corrected chi connectivity index (χ4v) is 2.27. The summed E-state index contributed by atoms with van der Waals surface area (Å²) in [6, 6.07) is 3.95. The average molecular weight is 257 g/mol. The van der Waals surface area contributed by atoms with Crippen molar-refractivity contribution in [1.82, 2.24) is 15.2 Å². The average Bonchev–Trinajstić information content (AvgIpc) is 2.37. The lowest BCUT2D eigenvalue weighted by atomic mass is 10.1. The minimum atomic E-state index is 0.545. The Kier molecular flexibility index (Phi) is 3.44. The highest BCUT2D eigenvalue weighted by atomic mass is 32.2. The Bertz CT molecular complexity index is 633. The molecule has 0 aromatic carbocycles. The molecule has 0 fully saturated rings. The Labute approximate surface area is 109 Å². The lowest BCUT2D eigenvalue weighted by molar-refractivity contribution is 0.871. The van der Waals surface area contributed by atoms with Gasteiger partial charge in [0.15, 0.2) is 0 Å². The van der Waals surface area contributed by atoms with Crippen LogP contribution in [0, 0.1) is 25.2 Å². The molecule has 0 spiro atoms. The van der Waals surface area contributed by atoms with Gasteiger partial charge in [-0.2, -0.15) is 10.4 Å². The molecule has 0 unspecified atom stereocenters. The minimum absolute atomic E-state index is 0.545. The number of nitrogen functional groups attached to an aromatic ring is 1. The smallest absolute Gasteiger partial charge is 0.142 e. The van der Waals surface area contributed by atoms with Crippen molar-refractivity contribution in [3.05, 3.63) is 35.3 Å². The molecule has 2 aromatic heterocycles. The van der Waals surface area contributed by atoms with Gasteiger partial charge >= 0.3 is 0 Å². The van der Waals surface area contributed by atoms with Crippen molar-refractivity contribution in [2.24, 2.45) is 0 Å². The van der Waals surface area contributed by atoms with Crippen molar-refractivity contribution < 1.29 is 0 Å². The van der Waals surface area contributed by atoms with Crippen LogP contribution in [0.1, 0.15) is 16.8 Å². The summed E-state index contributed by atoms with van der Waals surface area (Å²) in [4.78, 5) is 4.74. The van der Waals surface area contributed by atoms with Gasteiger partial charge in [-0.3, -0.25) is 4.98 Å². The van der Waals surface area contributed by atoms with Gasteiger partial charge in [-0.25, -0.2) is 0 Å². The van der Waals surface area contributed by atoms with E-state index in [2.05, 4.69) is 21.3 Å². The van der Waals surface area contributed by atoms with Crippen LogP contribution in [-0.2, 0) is 0 Å². The summed E-state index contributed by atoms with van der Waals surface area (Å²) in [5, 5.41) is 17.9. The Morgan fingerprint density at radius 2 is 2.11 bits per heavy atom. The van der Waals surface area contributed by atoms with Crippen LogP contribution < -0.4 is 5.73 Å². The van der Waals surface area contributed by atoms with E-state index >= 15 is 0 Å². The van der Waals surface area contributed by atoms with E-state index in [1.807, 2.05) is 13.8 Å². The lowest BCUT2D eigenvalue weighted by Crippen LogP contribution is -1.99. The Hall–Kier alpha value is -2.13. The Morgan fingerprint density at radius 3 is 2.78 bits per heavy atom. The maximum atomic E-state index is 9.20. The van der Waals surface area contributed by atoms with Gasteiger partial charge in [0.1, 0.15) is 11.1 Å². The minimum Gasteiger partial charge on any atom is -0.397 e.